The standard InChI is InChI=1S/C11H12BrF3N2O/c12-9-4-2-1-3-8(9)5-17-10(18)6-16-7-11(13,14)15/h1-4,16H,5-7H2,(H,17,18). The van der Waals surface area contributed by atoms with E-state index in [4.69, 9.17) is 0 Å². The van der Waals surface area contributed by atoms with Crippen molar-refractivity contribution in [1.29, 1.82) is 0 Å². The fraction of sp³-hybridized carbons (Fsp3) is 0.364. The van der Waals surface area contributed by atoms with Crippen LogP contribution < -0.4 is 10.6 Å². The van der Waals surface area contributed by atoms with E-state index in [9.17, 15) is 18.0 Å². The van der Waals surface area contributed by atoms with E-state index in [2.05, 4.69) is 21.2 Å². The second-order valence-corrected chi connectivity index (χ2v) is 4.44. The van der Waals surface area contributed by atoms with E-state index in [1.165, 1.54) is 0 Å². The second-order valence-electron chi connectivity index (χ2n) is 3.59. The average Bonchev–Trinajstić information content (AvgIpc) is 2.26. The van der Waals surface area contributed by atoms with E-state index in [1.807, 2.05) is 29.6 Å². The maximum absolute atomic E-state index is 11.8. The van der Waals surface area contributed by atoms with Crippen molar-refractivity contribution in [2.45, 2.75) is 12.7 Å². The smallest absolute Gasteiger partial charge is 0.351 e. The van der Waals surface area contributed by atoms with Crippen molar-refractivity contribution in [2.75, 3.05) is 13.1 Å². The number of alkyl halides is 3. The van der Waals surface area contributed by atoms with Crippen LogP contribution in [0.1, 0.15) is 5.56 Å². The number of hydrogen-bond acceptors (Lipinski definition) is 2. The molecule has 0 saturated carbocycles. The summed E-state index contributed by atoms with van der Waals surface area (Å²) in [6, 6.07) is 7.28. The third-order valence-corrected chi connectivity index (χ3v) is 2.82. The van der Waals surface area contributed by atoms with Gasteiger partial charge in [0.25, 0.3) is 0 Å². The van der Waals surface area contributed by atoms with Gasteiger partial charge in [-0.25, -0.2) is 0 Å². The van der Waals surface area contributed by atoms with Crippen LogP contribution in [0.4, 0.5) is 13.2 Å². The summed E-state index contributed by atoms with van der Waals surface area (Å²) in [4.78, 5) is 11.3. The van der Waals surface area contributed by atoms with Gasteiger partial charge in [-0.3, -0.25) is 4.79 Å². The monoisotopic (exact) mass is 324 g/mol. The van der Waals surface area contributed by atoms with Crippen molar-refractivity contribution in [3.63, 3.8) is 0 Å². The Morgan fingerprint density at radius 2 is 1.94 bits per heavy atom. The van der Waals surface area contributed by atoms with Crippen molar-refractivity contribution in [3.8, 4) is 0 Å². The molecule has 0 aliphatic heterocycles. The molecule has 3 nitrogen and oxygen atoms in total. The number of carbonyl (C=O) groups is 1. The first kappa shape index (κ1) is 15.0. The van der Waals surface area contributed by atoms with E-state index >= 15 is 0 Å². The SMILES string of the molecule is O=C(CNCC(F)(F)F)NCc1ccccc1Br. The third kappa shape index (κ3) is 6.02. The maximum Gasteiger partial charge on any atom is 0.401 e. The maximum atomic E-state index is 11.8. The molecule has 100 valence electrons. The predicted octanol–water partition coefficient (Wildman–Crippen LogP) is 2.22. The van der Waals surface area contributed by atoms with Gasteiger partial charge in [0.1, 0.15) is 0 Å². The van der Waals surface area contributed by atoms with Crippen molar-refractivity contribution >= 4 is 21.8 Å². The van der Waals surface area contributed by atoms with Gasteiger partial charge in [-0.05, 0) is 11.6 Å². The zero-order chi connectivity index (χ0) is 13.6. The minimum atomic E-state index is -4.30. The molecule has 0 bridgehead atoms. The van der Waals surface area contributed by atoms with Crippen LogP contribution in [-0.2, 0) is 11.3 Å². The van der Waals surface area contributed by atoms with Gasteiger partial charge in [-0.15, -0.1) is 0 Å². The van der Waals surface area contributed by atoms with Crippen molar-refractivity contribution in [2.24, 2.45) is 0 Å². The molecule has 0 spiro atoms. The first-order chi connectivity index (χ1) is 8.38. The van der Waals surface area contributed by atoms with Gasteiger partial charge >= 0.3 is 6.18 Å². The minimum Gasteiger partial charge on any atom is -0.351 e. The first-order valence-electron chi connectivity index (χ1n) is 5.16. The summed E-state index contributed by atoms with van der Waals surface area (Å²) >= 11 is 3.31. The minimum absolute atomic E-state index is 0.272. The molecule has 0 heterocycles. The summed E-state index contributed by atoms with van der Waals surface area (Å²) in [7, 11) is 0. The molecule has 0 saturated heterocycles. The van der Waals surface area contributed by atoms with Gasteiger partial charge in [-0.1, -0.05) is 34.1 Å². The number of rotatable bonds is 5. The van der Waals surface area contributed by atoms with Gasteiger partial charge in [0.2, 0.25) is 5.91 Å². The van der Waals surface area contributed by atoms with Crippen LogP contribution >= 0.6 is 15.9 Å². The van der Waals surface area contributed by atoms with Crippen LogP contribution in [0.3, 0.4) is 0 Å². The quantitative estimate of drug-likeness (QED) is 0.872. The van der Waals surface area contributed by atoms with Crippen molar-refractivity contribution in [3.05, 3.63) is 34.3 Å². The molecule has 0 aliphatic carbocycles. The largest absolute Gasteiger partial charge is 0.401 e. The van der Waals surface area contributed by atoms with E-state index < -0.39 is 18.6 Å². The number of nitrogens with one attached hydrogen (secondary N) is 2. The lowest BCUT2D eigenvalue weighted by Crippen LogP contribution is -2.38. The molecule has 1 rings (SSSR count). The van der Waals surface area contributed by atoms with E-state index in [0.717, 1.165) is 10.0 Å². The molecule has 0 unspecified atom stereocenters. The Morgan fingerprint density at radius 3 is 2.56 bits per heavy atom. The molecule has 7 heteroatoms. The Kier molecular flexibility index (Phi) is 5.61. The van der Waals surface area contributed by atoms with Crippen LogP contribution in [0.15, 0.2) is 28.7 Å². The molecule has 18 heavy (non-hydrogen) atoms. The summed E-state index contributed by atoms with van der Waals surface area (Å²) in [5, 5.41) is 4.55. The van der Waals surface area contributed by atoms with Gasteiger partial charge in [0.15, 0.2) is 0 Å². The van der Waals surface area contributed by atoms with Gasteiger partial charge in [0.05, 0.1) is 13.1 Å². The average molecular weight is 325 g/mol. The molecule has 1 aromatic rings. The van der Waals surface area contributed by atoms with Gasteiger partial charge < -0.3 is 10.6 Å². The van der Waals surface area contributed by atoms with Gasteiger partial charge in [-0.2, -0.15) is 13.2 Å². The number of benzene rings is 1. The van der Waals surface area contributed by atoms with Crippen LogP contribution in [-0.4, -0.2) is 25.2 Å². The third-order valence-electron chi connectivity index (χ3n) is 2.04. The van der Waals surface area contributed by atoms with Crippen LogP contribution in [0, 0.1) is 0 Å². The zero-order valence-electron chi connectivity index (χ0n) is 9.35. The Morgan fingerprint density at radius 1 is 1.28 bits per heavy atom. The summed E-state index contributed by atoms with van der Waals surface area (Å²) in [6.45, 7) is -1.26. The summed E-state index contributed by atoms with van der Waals surface area (Å²) in [5.74, 6) is -0.477. The molecule has 0 atom stereocenters. The molecular weight excluding hydrogens is 313 g/mol. The Hall–Kier alpha value is -1.08. The van der Waals surface area contributed by atoms with E-state index in [1.54, 1.807) is 0 Å². The number of carbonyl (C=O) groups excluding carboxylic acids is 1. The number of halogens is 4. The Labute approximate surface area is 111 Å². The molecule has 0 aliphatic rings. The highest BCUT2D eigenvalue weighted by Gasteiger charge is 2.26. The van der Waals surface area contributed by atoms with Crippen LogP contribution in [0.2, 0.25) is 0 Å². The highest BCUT2D eigenvalue weighted by Crippen LogP contribution is 2.15. The molecule has 2 N–H and O–H groups in total. The lowest BCUT2D eigenvalue weighted by molar-refractivity contribution is -0.128. The van der Waals surface area contributed by atoms with E-state index in [0.29, 0.717) is 0 Å². The predicted molar refractivity (Wildman–Crippen MR) is 64.9 cm³/mol. The fourth-order valence-corrected chi connectivity index (χ4v) is 1.64. The number of amides is 1. The van der Waals surface area contributed by atoms with Crippen LogP contribution in [0.5, 0.6) is 0 Å². The highest BCUT2D eigenvalue weighted by molar-refractivity contribution is 9.10. The van der Waals surface area contributed by atoms with Crippen LogP contribution in [0.25, 0.3) is 0 Å². The topological polar surface area (TPSA) is 41.1 Å². The van der Waals surface area contributed by atoms with Crippen molar-refractivity contribution < 1.29 is 18.0 Å². The summed E-state index contributed by atoms with van der Waals surface area (Å²) < 4.78 is 36.3. The normalized spacial score (nSPS) is 11.3. The summed E-state index contributed by atoms with van der Waals surface area (Å²) in [5.41, 5.74) is 0.863. The van der Waals surface area contributed by atoms with Gasteiger partial charge in [0, 0.05) is 11.0 Å². The molecule has 0 aromatic heterocycles. The zero-order valence-corrected chi connectivity index (χ0v) is 10.9. The molecule has 0 fully saturated rings. The molecule has 1 amide bonds. The first-order valence-corrected chi connectivity index (χ1v) is 5.95. The lowest BCUT2D eigenvalue weighted by atomic mass is 10.2. The van der Waals surface area contributed by atoms with E-state index in [-0.39, 0.29) is 13.1 Å². The molecular formula is C11H12BrF3N2O. The second kappa shape index (κ2) is 6.75. The molecule has 1 aromatic carbocycles. The Bertz CT molecular complexity index is 410. The summed E-state index contributed by atoms with van der Waals surface area (Å²) in [6.07, 6.45) is -4.30. The highest BCUT2D eigenvalue weighted by atomic mass is 79.9. The van der Waals surface area contributed by atoms with Crippen molar-refractivity contribution in [1.82, 2.24) is 10.6 Å². The lowest BCUT2D eigenvalue weighted by Gasteiger charge is -2.09. The number of hydrogen-bond donors (Lipinski definition) is 2. The molecule has 0 radical (unpaired) electrons. The fourth-order valence-electron chi connectivity index (χ4n) is 1.22. The Balaban J connectivity index is 2.28.